The van der Waals surface area contributed by atoms with E-state index in [9.17, 15) is 13.2 Å². The summed E-state index contributed by atoms with van der Waals surface area (Å²) in [6.45, 7) is 15.9. The molecule has 0 radical (unpaired) electrons. The van der Waals surface area contributed by atoms with Crippen molar-refractivity contribution in [3.05, 3.63) is 115 Å². The molecule has 4 fully saturated rings. The van der Waals surface area contributed by atoms with Crippen LogP contribution in [0.15, 0.2) is 54.6 Å². The zero-order valence-electron chi connectivity index (χ0n) is 35.2. The number of halogens is 7. The van der Waals surface area contributed by atoms with Gasteiger partial charge in [-0.25, -0.2) is 13.2 Å². The quantitative estimate of drug-likeness (QED) is 0.0993. The average Bonchev–Trinajstić information content (AvgIpc) is 3.65. The van der Waals surface area contributed by atoms with Gasteiger partial charge in [0.05, 0.1) is 0 Å². The first-order chi connectivity index (χ1) is 26.1. The Morgan fingerprint density at radius 1 is 0.690 bits per heavy atom. The SMILES string of the molecule is C.CC(C)C1CC2C(CC3C(C)CC4C(c5ccc(C(C)(C)C)cc5)CCCC34)C(C)CC2C(c2ccccc2)C1Oc1c(F)c(F)c(F)c(F)c1F.[CH3-].[CH3-].[Cl][Zr+2][Cl]. The van der Waals surface area contributed by atoms with Crippen LogP contribution in [0.1, 0.15) is 129 Å². The second-order valence-electron chi connectivity index (χ2n) is 18.7. The van der Waals surface area contributed by atoms with E-state index in [1.54, 1.807) is 0 Å². The van der Waals surface area contributed by atoms with Crippen molar-refractivity contribution in [2.45, 2.75) is 124 Å². The Hall–Kier alpha value is -1.43. The third-order valence-electron chi connectivity index (χ3n) is 14.5. The van der Waals surface area contributed by atoms with Crippen molar-refractivity contribution in [2.75, 3.05) is 0 Å². The van der Waals surface area contributed by atoms with Gasteiger partial charge in [0.2, 0.25) is 29.1 Å². The van der Waals surface area contributed by atoms with Gasteiger partial charge in [-0.15, -0.1) is 0 Å². The summed E-state index contributed by atoms with van der Waals surface area (Å²) in [4.78, 5) is 0. The molecular weight excluding hydrogens is 862 g/mol. The summed E-state index contributed by atoms with van der Waals surface area (Å²) in [7, 11) is 9.87. The summed E-state index contributed by atoms with van der Waals surface area (Å²) in [5.74, 6) is -6.48. The van der Waals surface area contributed by atoms with Gasteiger partial charge >= 0.3 is 37.9 Å². The average molecular weight is 929 g/mol. The van der Waals surface area contributed by atoms with Gasteiger partial charge in [-0.2, -0.15) is 8.78 Å². The molecular formula is C49H67Cl2F5OZr. The van der Waals surface area contributed by atoms with E-state index in [2.05, 4.69) is 72.7 Å². The fourth-order valence-electron chi connectivity index (χ4n) is 12.0. The topological polar surface area (TPSA) is 9.23 Å². The molecule has 4 aliphatic rings. The van der Waals surface area contributed by atoms with Crippen molar-refractivity contribution in [3.8, 4) is 5.75 Å². The molecule has 0 aromatic heterocycles. The molecule has 0 heterocycles. The fraction of sp³-hybridized carbons (Fsp3) is 0.592. The molecule has 0 N–H and O–H groups in total. The van der Waals surface area contributed by atoms with Gasteiger partial charge < -0.3 is 19.6 Å². The molecule has 9 heteroatoms. The first-order valence-corrected chi connectivity index (χ1v) is 26.7. The van der Waals surface area contributed by atoms with Gasteiger partial charge in [0.25, 0.3) is 0 Å². The number of hydrogen-bond donors (Lipinski definition) is 0. The third-order valence-corrected chi connectivity index (χ3v) is 14.5. The normalized spacial score (nSPS) is 31.3. The van der Waals surface area contributed by atoms with E-state index in [0.717, 1.165) is 18.4 Å². The van der Waals surface area contributed by atoms with E-state index in [1.165, 1.54) is 43.2 Å². The zero-order valence-corrected chi connectivity index (χ0v) is 39.2. The molecule has 58 heavy (non-hydrogen) atoms. The molecule has 7 rings (SSSR count). The molecule has 3 aromatic carbocycles. The first kappa shape index (κ1) is 50.9. The maximum atomic E-state index is 15.2. The molecule has 3 aromatic rings. The van der Waals surface area contributed by atoms with E-state index in [1.807, 2.05) is 30.3 Å². The number of rotatable bonds is 7. The van der Waals surface area contributed by atoms with E-state index in [4.69, 9.17) is 21.8 Å². The maximum absolute atomic E-state index is 15.2. The molecule has 322 valence electrons. The third kappa shape index (κ3) is 10.1. The summed E-state index contributed by atoms with van der Waals surface area (Å²) in [5, 5.41) is 0. The van der Waals surface area contributed by atoms with Gasteiger partial charge in [-0.1, -0.05) is 117 Å². The molecule has 0 saturated heterocycles. The number of ether oxygens (including phenoxy) is 1. The molecule has 0 amide bonds. The van der Waals surface area contributed by atoms with Gasteiger partial charge in [-0.3, -0.25) is 0 Å². The van der Waals surface area contributed by atoms with Gasteiger partial charge in [-0.05, 0) is 126 Å². The van der Waals surface area contributed by atoms with E-state index < -0.39 is 61.8 Å². The Morgan fingerprint density at radius 2 is 1.21 bits per heavy atom. The van der Waals surface area contributed by atoms with Crippen LogP contribution in [0, 0.1) is 103 Å². The Balaban J connectivity index is 0.00000146. The Kier molecular flexibility index (Phi) is 18.5. The van der Waals surface area contributed by atoms with Crippen molar-refractivity contribution in [1.82, 2.24) is 0 Å². The van der Waals surface area contributed by atoms with Crippen LogP contribution in [0.5, 0.6) is 5.75 Å². The van der Waals surface area contributed by atoms with Crippen LogP contribution in [0.3, 0.4) is 0 Å². The number of hydrogen-bond acceptors (Lipinski definition) is 1. The fourth-order valence-corrected chi connectivity index (χ4v) is 12.0. The van der Waals surface area contributed by atoms with Crippen molar-refractivity contribution < 1.29 is 47.5 Å². The van der Waals surface area contributed by atoms with Crippen LogP contribution >= 0.6 is 17.0 Å². The van der Waals surface area contributed by atoms with Gasteiger partial charge in [0.1, 0.15) is 6.10 Å². The van der Waals surface area contributed by atoms with Crippen LogP contribution in [-0.4, -0.2) is 6.10 Å². The molecule has 0 aliphatic heterocycles. The minimum absolute atomic E-state index is 0. The van der Waals surface area contributed by atoms with Crippen LogP contribution in [0.2, 0.25) is 0 Å². The predicted octanol–water partition coefficient (Wildman–Crippen LogP) is 15.9. The molecule has 1 nitrogen and oxygen atoms in total. The molecule has 12 atom stereocenters. The monoisotopic (exact) mass is 926 g/mol. The second-order valence-corrected chi connectivity index (χ2v) is 22.4. The summed E-state index contributed by atoms with van der Waals surface area (Å²) < 4.78 is 79.4. The zero-order chi connectivity index (χ0) is 39.9. The van der Waals surface area contributed by atoms with Gasteiger partial charge in [0, 0.05) is 5.92 Å². The Bertz CT molecular complexity index is 1720. The molecule has 4 saturated carbocycles. The van der Waals surface area contributed by atoms with Crippen molar-refractivity contribution >= 4 is 17.0 Å². The van der Waals surface area contributed by atoms with E-state index in [0.29, 0.717) is 47.3 Å². The summed E-state index contributed by atoms with van der Waals surface area (Å²) >= 11 is -0.826. The van der Waals surface area contributed by atoms with Gasteiger partial charge in [0.15, 0.2) is 5.75 Å². The van der Waals surface area contributed by atoms with Crippen LogP contribution in [-0.2, 0) is 26.3 Å². The summed E-state index contributed by atoms with van der Waals surface area (Å²) in [6.07, 6.45) is 7.33. The van der Waals surface area contributed by atoms with Crippen molar-refractivity contribution in [1.29, 1.82) is 0 Å². The van der Waals surface area contributed by atoms with Crippen molar-refractivity contribution in [2.24, 2.45) is 59.2 Å². The second kappa shape index (κ2) is 21.1. The molecule has 0 bridgehead atoms. The number of benzene rings is 3. The minimum atomic E-state index is -2.16. The molecule has 0 spiro atoms. The molecule has 4 aliphatic carbocycles. The predicted molar refractivity (Wildman–Crippen MR) is 229 cm³/mol. The van der Waals surface area contributed by atoms with E-state index >= 15 is 8.78 Å². The summed E-state index contributed by atoms with van der Waals surface area (Å²) in [6, 6.07) is 19.4. The Labute approximate surface area is 366 Å². The van der Waals surface area contributed by atoms with Crippen LogP contribution in [0.25, 0.3) is 0 Å². The van der Waals surface area contributed by atoms with E-state index in [-0.39, 0.29) is 51.4 Å². The number of fused-ring (bicyclic) bond motifs is 2. The standard InChI is InChI=1S/C46H57F5O.CH4.2CH3.2ClH.Zr/c1-24(2)32-22-36-34(23-33-25(3)20-35-30(14-11-15-31(33)35)27-16-18-29(19-17-27)46(5,6)7)26(4)21-37(36)38(28-12-9-8-10-13-28)44(32)52-45-42(50)40(48)39(47)41(49)43(45)51;;;;;;/h8-10,12-13,16-19,24-26,30-38,44H,11,14-15,20-23H2,1-7H3;1H4;2*1H3;2*1H;/q;;2*-1;;;+4/p-2. The molecule has 12 unspecified atom stereocenters. The van der Waals surface area contributed by atoms with Crippen molar-refractivity contribution in [3.63, 3.8) is 0 Å². The summed E-state index contributed by atoms with van der Waals surface area (Å²) in [5.41, 5.74) is 4.03. The first-order valence-electron chi connectivity index (χ1n) is 20.4. The van der Waals surface area contributed by atoms with Crippen LogP contribution in [0.4, 0.5) is 22.0 Å². The van der Waals surface area contributed by atoms with Crippen LogP contribution < -0.4 is 4.74 Å². The Morgan fingerprint density at radius 3 is 1.74 bits per heavy atom.